The number of carbonyl (C=O) groups is 1. The molecule has 0 bridgehead atoms. The van der Waals surface area contributed by atoms with Crippen molar-refractivity contribution in [1.29, 1.82) is 0 Å². The molecule has 0 radical (unpaired) electrons. The molecule has 0 heterocycles. The minimum absolute atomic E-state index is 0.195. The fourth-order valence-corrected chi connectivity index (χ4v) is 3.00. The van der Waals surface area contributed by atoms with E-state index in [1.165, 1.54) is 0 Å². The monoisotopic (exact) mass is 430 g/mol. The highest BCUT2D eigenvalue weighted by Crippen LogP contribution is 2.56. The lowest BCUT2D eigenvalue weighted by molar-refractivity contribution is -0.288. The molecule has 146 valence electrons. The Hall–Kier alpha value is -1.77. The molecule has 0 amide bonds. The summed E-state index contributed by atoms with van der Waals surface area (Å²) >= 11 is 10.3. The van der Waals surface area contributed by atoms with Gasteiger partial charge in [0.05, 0.1) is 18.5 Å². The molecule has 0 saturated carbocycles. The third-order valence-corrected chi connectivity index (χ3v) is 4.33. The summed E-state index contributed by atoms with van der Waals surface area (Å²) in [7, 11) is 0. The summed E-state index contributed by atoms with van der Waals surface area (Å²) in [6, 6.07) is 6.35. The van der Waals surface area contributed by atoms with Gasteiger partial charge in [0.2, 0.25) is 5.41 Å². The van der Waals surface area contributed by atoms with E-state index in [1.807, 2.05) is 0 Å². The fourth-order valence-electron chi connectivity index (χ4n) is 2.75. The lowest BCUT2D eigenvalue weighted by atomic mass is 9.72. The van der Waals surface area contributed by atoms with Crippen LogP contribution >= 0.6 is 23.5 Å². The maximum atomic E-state index is 13.9. The zero-order valence-corrected chi connectivity index (χ0v) is 14.7. The predicted octanol–water partition coefficient (Wildman–Crippen LogP) is 6.15. The number of rotatable bonds is 5. The Kier molecular flexibility index (Phi) is 6.13. The van der Waals surface area contributed by atoms with Gasteiger partial charge in [0.25, 0.3) is 5.24 Å². The van der Waals surface area contributed by atoms with E-state index >= 15 is 0 Å². The summed E-state index contributed by atoms with van der Waals surface area (Å²) in [6.45, 7) is -0.195. The van der Waals surface area contributed by atoms with Gasteiger partial charge in [-0.25, -0.2) is 0 Å². The van der Waals surface area contributed by atoms with Crippen LogP contribution in [-0.2, 0) is 16.3 Å². The Labute approximate surface area is 159 Å². The van der Waals surface area contributed by atoms with Crippen LogP contribution in [-0.4, -0.2) is 17.6 Å². The molecule has 2 nitrogen and oxygen atoms in total. The van der Waals surface area contributed by atoms with Crippen LogP contribution in [0.5, 0.6) is 0 Å². The first-order chi connectivity index (χ1) is 12.4. The zero-order valence-electron chi connectivity index (χ0n) is 13.2. The van der Waals surface area contributed by atoms with E-state index in [1.54, 1.807) is 0 Å². The molecule has 2 rings (SSSR count). The van der Waals surface area contributed by atoms with E-state index in [-0.39, 0.29) is 17.7 Å². The van der Waals surface area contributed by atoms with Gasteiger partial charge in [-0.15, -0.1) is 0 Å². The highest BCUT2D eigenvalue weighted by atomic mass is 35.5. The largest absolute Gasteiger partial charge is 0.411 e. The van der Waals surface area contributed by atoms with Crippen LogP contribution in [0.3, 0.4) is 0 Å². The van der Waals surface area contributed by atoms with Crippen LogP contribution in [0.15, 0.2) is 48.5 Å². The molecule has 0 aliphatic carbocycles. The van der Waals surface area contributed by atoms with Gasteiger partial charge in [-0.05, 0) is 40.4 Å². The Bertz CT molecular complexity index is 784. The van der Waals surface area contributed by atoms with E-state index in [2.05, 4.69) is 4.29 Å². The van der Waals surface area contributed by atoms with E-state index in [4.69, 9.17) is 23.5 Å². The van der Waals surface area contributed by atoms with Crippen LogP contribution in [0.4, 0.5) is 26.3 Å². The maximum absolute atomic E-state index is 13.9. The average Bonchev–Trinajstić information content (AvgIpc) is 2.55. The summed E-state index contributed by atoms with van der Waals surface area (Å²) in [6.07, 6.45) is -11.4. The van der Waals surface area contributed by atoms with Crippen LogP contribution in [0.25, 0.3) is 0 Å². The molecule has 0 fully saturated rings. The van der Waals surface area contributed by atoms with E-state index in [0.29, 0.717) is 24.3 Å². The molecular weight excluding hydrogens is 421 g/mol. The minimum Gasteiger partial charge on any atom is -0.276 e. The Morgan fingerprint density at radius 2 is 1.22 bits per heavy atom. The Morgan fingerprint density at radius 3 is 1.56 bits per heavy atom. The van der Waals surface area contributed by atoms with Crippen molar-refractivity contribution in [2.45, 2.75) is 24.4 Å². The molecule has 10 heteroatoms. The average molecular weight is 431 g/mol. The van der Waals surface area contributed by atoms with Gasteiger partial charge in [-0.3, -0.25) is 9.08 Å². The van der Waals surface area contributed by atoms with Crippen LogP contribution < -0.4 is 0 Å². The fraction of sp³-hybridized carbons (Fsp3) is 0.235. The van der Waals surface area contributed by atoms with Crippen LogP contribution in [0, 0.1) is 0 Å². The summed E-state index contributed by atoms with van der Waals surface area (Å²) < 4.78 is 87.6. The van der Waals surface area contributed by atoms with Gasteiger partial charge in [0.1, 0.15) is 0 Å². The van der Waals surface area contributed by atoms with Crippen molar-refractivity contribution in [2.24, 2.45) is 0 Å². The SMILES string of the molecule is O=C(Cl)c1ccc(C(c2ccc(COCl)cc2)(C(F)(F)F)C(F)(F)F)cc1. The molecule has 27 heavy (non-hydrogen) atoms. The minimum atomic E-state index is -5.72. The molecule has 0 spiro atoms. The number of hydrogen-bond acceptors (Lipinski definition) is 2. The summed E-state index contributed by atoms with van der Waals surface area (Å²) in [5.41, 5.74) is -6.37. The molecular formula is C17H10Cl2F6O2. The number of halogens is 8. The standard InChI is InChI=1S/C17H10Cl2F6O2/c18-14(26)11-3-7-13(8-4-11)15(16(20,21)22,17(23,24)25)12-5-1-10(2-6-12)9-27-19/h1-8H,9H2. The van der Waals surface area contributed by atoms with Gasteiger partial charge in [-0.1, -0.05) is 36.4 Å². The van der Waals surface area contributed by atoms with Crippen molar-refractivity contribution in [2.75, 3.05) is 0 Å². The highest BCUT2D eigenvalue weighted by molar-refractivity contribution is 6.67. The molecule has 0 unspecified atom stereocenters. The van der Waals surface area contributed by atoms with E-state index in [0.717, 1.165) is 24.3 Å². The second-order valence-electron chi connectivity index (χ2n) is 5.55. The normalized spacial score (nSPS) is 12.9. The number of alkyl halides is 6. The van der Waals surface area contributed by atoms with Crippen molar-refractivity contribution in [3.8, 4) is 0 Å². The quantitative estimate of drug-likeness (QED) is 0.420. The van der Waals surface area contributed by atoms with Gasteiger partial charge < -0.3 is 0 Å². The van der Waals surface area contributed by atoms with Crippen LogP contribution in [0.2, 0.25) is 0 Å². The van der Waals surface area contributed by atoms with Crippen molar-refractivity contribution < 1.29 is 35.4 Å². The molecule has 0 aromatic heterocycles. The molecule has 2 aromatic carbocycles. The van der Waals surface area contributed by atoms with Crippen molar-refractivity contribution in [3.05, 3.63) is 70.8 Å². The molecule has 0 N–H and O–H groups in total. The first kappa shape index (κ1) is 21.5. The molecule has 2 aromatic rings. The number of carbonyl (C=O) groups excluding carboxylic acids is 1. The maximum Gasteiger partial charge on any atom is 0.411 e. The first-order valence-corrected chi connectivity index (χ1v) is 7.90. The van der Waals surface area contributed by atoms with Gasteiger partial charge in [0, 0.05) is 5.56 Å². The summed E-state index contributed by atoms with van der Waals surface area (Å²) in [5, 5.41) is -1.00. The highest BCUT2D eigenvalue weighted by Gasteiger charge is 2.72. The van der Waals surface area contributed by atoms with Crippen molar-refractivity contribution in [1.82, 2.24) is 0 Å². The molecule has 0 aliphatic heterocycles. The first-order valence-electron chi connectivity index (χ1n) is 7.22. The smallest absolute Gasteiger partial charge is 0.276 e. The molecule has 0 aliphatic rings. The molecule has 0 saturated heterocycles. The number of hydrogen-bond donors (Lipinski definition) is 0. The molecule has 0 atom stereocenters. The van der Waals surface area contributed by atoms with Gasteiger partial charge >= 0.3 is 12.4 Å². The predicted molar refractivity (Wildman–Crippen MR) is 86.6 cm³/mol. The van der Waals surface area contributed by atoms with Gasteiger partial charge in [0.15, 0.2) is 0 Å². The van der Waals surface area contributed by atoms with Crippen molar-refractivity contribution in [3.63, 3.8) is 0 Å². The van der Waals surface area contributed by atoms with E-state index in [9.17, 15) is 31.1 Å². The topological polar surface area (TPSA) is 26.3 Å². The lowest BCUT2D eigenvalue weighted by Crippen LogP contribution is -2.54. The lowest BCUT2D eigenvalue weighted by Gasteiger charge is -2.38. The van der Waals surface area contributed by atoms with Gasteiger partial charge in [-0.2, -0.15) is 26.3 Å². The third-order valence-electron chi connectivity index (χ3n) is 4.00. The zero-order chi connectivity index (χ0) is 20.5. The number of benzene rings is 2. The second-order valence-corrected chi connectivity index (χ2v) is 6.11. The van der Waals surface area contributed by atoms with Crippen molar-refractivity contribution >= 4 is 28.7 Å². The van der Waals surface area contributed by atoms with E-state index < -0.39 is 34.1 Å². The second kappa shape index (κ2) is 7.69. The Balaban J connectivity index is 2.76. The summed E-state index contributed by atoms with van der Waals surface area (Å²) in [4.78, 5) is 11.1. The summed E-state index contributed by atoms with van der Waals surface area (Å²) in [5.74, 6) is 0. The third kappa shape index (κ3) is 3.93. The Morgan fingerprint density at radius 1 is 0.815 bits per heavy atom. The van der Waals surface area contributed by atoms with Crippen LogP contribution in [0.1, 0.15) is 27.0 Å².